The summed E-state index contributed by atoms with van der Waals surface area (Å²) in [4.78, 5) is 23.4. The maximum Gasteiger partial charge on any atom is 0.353 e. The first-order chi connectivity index (χ1) is 14.1. The van der Waals surface area contributed by atoms with E-state index in [1.807, 2.05) is 13.0 Å². The van der Waals surface area contributed by atoms with Crippen molar-refractivity contribution in [3.8, 4) is 5.75 Å². The van der Waals surface area contributed by atoms with Crippen molar-refractivity contribution < 1.29 is 9.66 Å². The standard InChI is InChI=1S/C20H22N6O3/c1-3-4-11-29-16-7-5-15(6-8-16)24-19-18(26(27)28)20(23-13-22-19)25-17-12-14(2)9-10-21-17/h5-10,12-13H,3-4,11H2,1-2H3,(H2,21,22,23,24,25). The van der Waals surface area contributed by atoms with Crippen molar-refractivity contribution in [2.45, 2.75) is 26.7 Å². The molecule has 3 aromatic rings. The molecule has 2 N–H and O–H groups in total. The average molecular weight is 394 g/mol. The topological polar surface area (TPSA) is 115 Å². The molecule has 2 heterocycles. The van der Waals surface area contributed by atoms with Gasteiger partial charge in [-0.1, -0.05) is 13.3 Å². The normalized spacial score (nSPS) is 10.4. The summed E-state index contributed by atoms with van der Waals surface area (Å²) in [6.07, 6.45) is 4.92. The van der Waals surface area contributed by atoms with Gasteiger partial charge in [0, 0.05) is 11.9 Å². The number of hydrogen-bond acceptors (Lipinski definition) is 8. The summed E-state index contributed by atoms with van der Waals surface area (Å²) < 4.78 is 5.63. The smallest absolute Gasteiger partial charge is 0.353 e. The van der Waals surface area contributed by atoms with Crippen LogP contribution < -0.4 is 15.4 Å². The van der Waals surface area contributed by atoms with Crippen LogP contribution in [-0.2, 0) is 0 Å². The predicted octanol–water partition coefficient (Wildman–Crippen LogP) is 4.75. The molecule has 0 spiro atoms. The Kier molecular flexibility index (Phi) is 6.51. The van der Waals surface area contributed by atoms with Crippen molar-refractivity contribution >= 4 is 28.8 Å². The lowest BCUT2D eigenvalue weighted by atomic mass is 10.3. The number of anilines is 4. The zero-order valence-electron chi connectivity index (χ0n) is 16.3. The molecule has 2 aromatic heterocycles. The Hall–Kier alpha value is -3.75. The molecule has 0 aliphatic rings. The Balaban J connectivity index is 1.81. The van der Waals surface area contributed by atoms with E-state index in [0.29, 0.717) is 18.1 Å². The van der Waals surface area contributed by atoms with Crippen LogP contribution in [-0.4, -0.2) is 26.5 Å². The molecule has 150 valence electrons. The largest absolute Gasteiger partial charge is 0.494 e. The number of benzene rings is 1. The van der Waals surface area contributed by atoms with Crippen LogP contribution in [0.15, 0.2) is 48.9 Å². The van der Waals surface area contributed by atoms with E-state index in [-0.39, 0.29) is 17.3 Å². The van der Waals surface area contributed by atoms with Gasteiger partial charge in [-0.3, -0.25) is 10.1 Å². The Bertz CT molecular complexity index is 978. The molecule has 0 saturated heterocycles. The number of nitro groups is 1. The van der Waals surface area contributed by atoms with Gasteiger partial charge in [-0.05, 0) is 55.3 Å². The molecular weight excluding hydrogens is 372 g/mol. The number of unbranched alkanes of at least 4 members (excludes halogenated alkanes) is 1. The van der Waals surface area contributed by atoms with E-state index in [0.717, 1.165) is 24.2 Å². The summed E-state index contributed by atoms with van der Waals surface area (Å²) in [5, 5.41) is 17.6. The molecule has 0 bridgehead atoms. The summed E-state index contributed by atoms with van der Waals surface area (Å²) in [7, 11) is 0. The van der Waals surface area contributed by atoms with Gasteiger partial charge in [0.2, 0.25) is 11.6 Å². The SMILES string of the molecule is CCCCOc1ccc(Nc2ncnc(Nc3cc(C)ccn3)c2[N+](=O)[O-])cc1. The van der Waals surface area contributed by atoms with E-state index < -0.39 is 4.92 Å². The summed E-state index contributed by atoms with van der Waals surface area (Å²) in [6, 6.07) is 10.8. The van der Waals surface area contributed by atoms with Gasteiger partial charge >= 0.3 is 5.69 Å². The molecule has 0 radical (unpaired) electrons. The third-order valence-corrected chi connectivity index (χ3v) is 4.05. The minimum absolute atomic E-state index is 0.0603. The minimum Gasteiger partial charge on any atom is -0.494 e. The lowest BCUT2D eigenvalue weighted by Gasteiger charge is -2.11. The average Bonchev–Trinajstić information content (AvgIpc) is 2.69. The molecule has 0 fully saturated rings. The van der Waals surface area contributed by atoms with E-state index in [4.69, 9.17) is 4.74 Å². The fourth-order valence-corrected chi connectivity index (χ4v) is 2.57. The van der Waals surface area contributed by atoms with E-state index in [1.165, 1.54) is 6.33 Å². The fraction of sp³-hybridized carbons (Fsp3) is 0.250. The Morgan fingerprint density at radius 2 is 1.79 bits per heavy atom. The number of aryl methyl sites for hydroxylation is 1. The highest BCUT2D eigenvalue weighted by Gasteiger charge is 2.23. The molecule has 0 atom stereocenters. The van der Waals surface area contributed by atoms with Crippen molar-refractivity contribution in [3.63, 3.8) is 0 Å². The van der Waals surface area contributed by atoms with Crippen molar-refractivity contribution in [2.24, 2.45) is 0 Å². The van der Waals surface area contributed by atoms with E-state index >= 15 is 0 Å². The lowest BCUT2D eigenvalue weighted by Crippen LogP contribution is -2.06. The molecule has 9 heteroatoms. The number of rotatable bonds is 9. The van der Waals surface area contributed by atoms with Crippen LogP contribution >= 0.6 is 0 Å². The summed E-state index contributed by atoms with van der Waals surface area (Å²) in [6.45, 7) is 4.66. The molecular formula is C20H22N6O3. The molecule has 0 aliphatic carbocycles. The number of nitrogens with one attached hydrogen (secondary N) is 2. The van der Waals surface area contributed by atoms with Gasteiger partial charge in [-0.25, -0.2) is 15.0 Å². The highest BCUT2D eigenvalue weighted by Crippen LogP contribution is 2.33. The molecule has 9 nitrogen and oxygen atoms in total. The Morgan fingerprint density at radius 1 is 1.07 bits per heavy atom. The monoisotopic (exact) mass is 394 g/mol. The predicted molar refractivity (Wildman–Crippen MR) is 111 cm³/mol. The van der Waals surface area contributed by atoms with Crippen LogP contribution in [0.3, 0.4) is 0 Å². The number of pyridine rings is 1. The van der Waals surface area contributed by atoms with Crippen molar-refractivity contribution in [3.05, 3.63) is 64.6 Å². The van der Waals surface area contributed by atoms with Gasteiger partial charge in [-0.15, -0.1) is 0 Å². The van der Waals surface area contributed by atoms with Gasteiger partial charge in [0.05, 0.1) is 11.5 Å². The van der Waals surface area contributed by atoms with E-state index in [2.05, 4.69) is 32.5 Å². The van der Waals surface area contributed by atoms with E-state index in [1.54, 1.807) is 36.5 Å². The molecule has 29 heavy (non-hydrogen) atoms. The Morgan fingerprint density at radius 3 is 2.45 bits per heavy atom. The molecule has 0 amide bonds. The first-order valence-electron chi connectivity index (χ1n) is 9.25. The van der Waals surface area contributed by atoms with Crippen LogP contribution in [0.4, 0.5) is 28.8 Å². The van der Waals surface area contributed by atoms with Crippen molar-refractivity contribution in [1.82, 2.24) is 15.0 Å². The summed E-state index contributed by atoms with van der Waals surface area (Å²) in [5.74, 6) is 1.35. The minimum atomic E-state index is -0.525. The second kappa shape index (κ2) is 9.45. The Labute approximate surface area is 168 Å². The van der Waals surface area contributed by atoms with Gasteiger partial charge in [0.1, 0.15) is 17.9 Å². The van der Waals surface area contributed by atoms with Crippen LogP contribution in [0.1, 0.15) is 25.3 Å². The van der Waals surface area contributed by atoms with Gasteiger partial charge in [0.25, 0.3) is 0 Å². The van der Waals surface area contributed by atoms with Crippen molar-refractivity contribution in [2.75, 3.05) is 17.2 Å². The summed E-state index contributed by atoms with van der Waals surface area (Å²) >= 11 is 0. The maximum atomic E-state index is 11.7. The number of ether oxygens (including phenoxy) is 1. The first kappa shape index (κ1) is 20.0. The molecule has 0 unspecified atom stereocenters. The van der Waals surface area contributed by atoms with Crippen LogP contribution in [0.25, 0.3) is 0 Å². The maximum absolute atomic E-state index is 11.7. The molecule has 3 rings (SSSR count). The van der Waals surface area contributed by atoms with Crippen LogP contribution in [0.2, 0.25) is 0 Å². The number of aromatic nitrogens is 3. The molecule has 1 aromatic carbocycles. The zero-order chi connectivity index (χ0) is 20.6. The van der Waals surface area contributed by atoms with Gasteiger partial charge in [0.15, 0.2) is 0 Å². The third kappa shape index (κ3) is 5.38. The number of hydrogen-bond donors (Lipinski definition) is 2. The quantitative estimate of drug-likeness (QED) is 0.303. The van der Waals surface area contributed by atoms with Gasteiger partial charge < -0.3 is 15.4 Å². The van der Waals surface area contributed by atoms with Crippen LogP contribution in [0.5, 0.6) is 5.75 Å². The third-order valence-electron chi connectivity index (χ3n) is 4.05. The molecule has 0 aliphatic heterocycles. The van der Waals surface area contributed by atoms with Gasteiger partial charge in [-0.2, -0.15) is 0 Å². The first-order valence-corrected chi connectivity index (χ1v) is 9.25. The highest BCUT2D eigenvalue weighted by atomic mass is 16.6. The van der Waals surface area contributed by atoms with E-state index in [9.17, 15) is 10.1 Å². The zero-order valence-corrected chi connectivity index (χ0v) is 16.3. The van der Waals surface area contributed by atoms with Crippen LogP contribution in [0, 0.1) is 17.0 Å². The number of nitrogens with zero attached hydrogens (tertiary/aromatic N) is 4. The second-order valence-electron chi connectivity index (χ2n) is 6.37. The van der Waals surface area contributed by atoms with Crippen molar-refractivity contribution in [1.29, 1.82) is 0 Å². The second-order valence-corrected chi connectivity index (χ2v) is 6.37. The highest BCUT2D eigenvalue weighted by molar-refractivity contribution is 5.76. The molecule has 0 saturated carbocycles. The lowest BCUT2D eigenvalue weighted by molar-refractivity contribution is -0.383. The summed E-state index contributed by atoms with van der Waals surface area (Å²) in [5.41, 5.74) is 1.35. The fourth-order valence-electron chi connectivity index (χ4n) is 2.57.